The molecule has 0 saturated carbocycles. The number of thiol groups is 1. The number of benzene rings is 1. The second kappa shape index (κ2) is 15.3. The lowest BCUT2D eigenvalue weighted by Gasteiger charge is -2.54. The molecule has 0 aliphatic carbocycles. The van der Waals surface area contributed by atoms with E-state index in [1.807, 2.05) is 20.8 Å². The fourth-order valence-electron chi connectivity index (χ4n) is 7.92. The molecule has 4 aliphatic heterocycles. The predicted octanol–water partition coefficient (Wildman–Crippen LogP) is 4.30. The zero-order valence-electron chi connectivity index (χ0n) is 29.3. The van der Waals surface area contributed by atoms with Crippen molar-refractivity contribution in [2.45, 2.75) is 77.1 Å². The van der Waals surface area contributed by atoms with Gasteiger partial charge in [0.05, 0.1) is 48.2 Å². The average Bonchev–Trinajstić information content (AvgIpc) is 3.78. The molecule has 7 rings (SSSR count). The van der Waals surface area contributed by atoms with Crippen molar-refractivity contribution in [3.8, 4) is 11.5 Å². The minimum atomic E-state index is -2.80. The molecule has 1 aromatic carbocycles. The van der Waals surface area contributed by atoms with E-state index in [1.165, 1.54) is 40.2 Å². The Morgan fingerprint density at radius 2 is 1.94 bits per heavy atom. The number of carbonyl (C=O) groups is 1. The highest BCUT2D eigenvalue weighted by Crippen LogP contribution is 2.45. The third-order valence-electron chi connectivity index (χ3n) is 10.6. The second-order valence-electron chi connectivity index (χ2n) is 14.4. The lowest BCUT2D eigenvalue weighted by Crippen LogP contribution is -2.61. The number of piperidine rings is 1. The Bertz CT molecular complexity index is 1750. The number of anilines is 2. The van der Waals surface area contributed by atoms with Crippen LogP contribution in [0.15, 0.2) is 36.1 Å². The van der Waals surface area contributed by atoms with Gasteiger partial charge in [-0.1, -0.05) is 0 Å². The molecule has 2 aromatic heterocycles. The number of aromatic nitrogens is 3. The van der Waals surface area contributed by atoms with Crippen molar-refractivity contribution in [1.82, 2.24) is 24.8 Å². The van der Waals surface area contributed by atoms with E-state index >= 15 is 0 Å². The smallest absolute Gasteiger partial charge is 0.258 e. The second-order valence-corrected chi connectivity index (χ2v) is 16.4. The van der Waals surface area contributed by atoms with Crippen LogP contribution in [0.4, 0.5) is 16.0 Å². The monoisotopic (exact) mass is 743 g/mol. The summed E-state index contributed by atoms with van der Waals surface area (Å²) in [6.45, 7) is 11.6. The highest BCUT2D eigenvalue weighted by Gasteiger charge is 2.46. The molecule has 3 aromatic rings. The van der Waals surface area contributed by atoms with Gasteiger partial charge in [0.25, 0.3) is 5.91 Å². The van der Waals surface area contributed by atoms with Crippen molar-refractivity contribution < 1.29 is 31.8 Å². The van der Waals surface area contributed by atoms with Crippen molar-refractivity contribution in [2.75, 3.05) is 61.7 Å². The first-order valence-corrected chi connectivity index (χ1v) is 19.7. The van der Waals surface area contributed by atoms with Crippen LogP contribution in [0, 0.1) is 18.2 Å². The number of carbonyl (C=O) groups excluding carboxylic acids is 1. The van der Waals surface area contributed by atoms with E-state index in [4.69, 9.17) is 14.2 Å². The van der Waals surface area contributed by atoms with Crippen molar-refractivity contribution in [1.29, 1.82) is 0 Å². The molecule has 4 saturated heterocycles. The van der Waals surface area contributed by atoms with Gasteiger partial charge in [-0.25, -0.2) is 32.1 Å². The molecule has 16 heteroatoms. The van der Waals surface area contributed by atoms with Crippen LogP contribution in [-0.2, 0) is 20.4 Å². The number of nitrogens with zero attached hydrogens (tertiary/aromatic N) is 7. The van der Waals surface area contributed by atoms with Crippen LogP contribution in [0.2, 0.25) is 0 Å². The summed E-state index contributed by atoms with van der Waals surface area (Å²) in [7, 11) is -2.80. The Hall–Kier alpha value is -3.44. The molecule has 6 heterocycles. The van der Waals surface area contributed by atoms with Gasteiger partial charge in [0.15, 0.2) is 17.4 Å². The molecule has 3 atom stereocenters. The highest BCUT2D eigenvalue weighted by atomic mass is 32.2. The number of hydrogen-bond acceptors (Lipinski definition) is 12. The first-order valence-electron chi connectivity index (χ1n) is 17.7. The lowest BCUT2D eigenvalue weighted by molar-refractivity contribution is -0.0269. The summed E-state index contributed by atoms with van der Waals surface area (Å²) in [6.07, 6.45) is 7.51. The molecule has 0 N–H and O–H groups in total. The number of aryl methyl sites for hydroxylation is 1. The molecule has 13 nitrogen and oxygen atoms in total. The number of hydrogen-bond donors (Lipinski definition) is 1. The largest absolute Gasteiger partial charge is 0.451 e. The molecule has 0 radical (unpaired) electrons. The van der Waals surface area contributed by atoms with Crippen LogP contribution < -0.4 is 13.9 Å². The fourth-order valence-corrected chi connectivity index (χ4v) is 9.30. The quantitative estimate of drug-likeness (QED) is 0.283. The first kappa shape index (κ1) is 35.9. The highest BCUT2D eigenvalue weighted by molar-refractivity contribution is 7.74. The topological polar surface area (TPSA) is 131 Å². The third kappa shape index (κ3) is 7.84. The van der Waals surface area contributed by atoms with Gasteiger partial charge in [-0.05, 0) is 84.2 Å². The van der Waals surface area contributed by atoms with Crippen LogP contribution in [-0.4, -0.2) is 116 Å². The number of halogens is 1. The van der Waals surface area contributed by atoms with E-state index in [9.17, 15) is 17.6 Å². The van der Waals surface area contributed by atoms with Crippen LogP contribution >= 0.6 is 11.3 Å². The SMILES string of the molecule is Cc1nc(N([C@@H]2CC[C@@H](CN3CCC4(CC3)CN(c3ncncc3Oc3ccc(F)cc3C(=O)N(C(C)C)[C@H]3CCOC3)C4)OC2)[SH](=O)=O)cs1. The van der Waals surface area contributed by atoms with Gasteiger partial charge in [-0.15, -0.1) is 11.3 Å². The van der Waals surface area contributed by atoms with E-state index in [0.717, 1.165) is 69.8 Å². The van der Waals surface area contributed by atoms with Crippen LogP contribution in [0.3, 0.4) is 0 Å². The van der Waals surface area contributed by atoms with E-state index < -0.39 is 16.7 Å². The van der Waals surface area contributed by atoms with Crippen molar-refractivity contribution >= 4 is 39.8 Å². The normalized spacial score (nSPS) is 23.5. The van der Waals surface area contributed by atoms with E-state index in [2.05, 4.69) is 24.8 Å². The molecule has 51 heavy (non-hydrogen) atoms. The zero-order valence-corrected chi connectivity index (χ0v) is 31.0. The molecule has 0 unspecified atom stereocenters. The van der Waals surface area contributed by atoms with Crippen LogP contribution in [0.5, 0.6) is 11.5 Å². The maximum absolute atomic E-state index is 14.5. The van der Waals surface area contributed by atoms with Crippen molar-refractivity contribution in [3.63, 3.8) is 0 Å². The number of thiazole rings is 1. The molecule has 1 spiro atoms. The minimum absolute atomic E-state index is 0.0693. The Balaban J connectivity index is 0.938. The Kier molecular flexibility index (Phi) is 10.8. The number of amides is 1. The molecule has 4 fully saturated rings. The van der Waals surface area contributed by atoms with Crippen LogP contribution in [0.25, 0.3) is 0 Å². The summed E-state index contributed by atoms with van der Waals surface area (Å²) in [5.74, 6) is 1.00. The summed E-state index contributed by atoms with van der Waals surface area (Å²) >= 11 is 1.44. The summed E-state index contributed by atoms with van der Waals surface area (Å²) in [6, 6.07) is 3.61. The molecule has 276 valence electrons. The van der Waals surface area contributed by atoms with Crippen molar-refractivity contribution in [3.05, 3.63) is 52.5 Å². The van der Waals surface area contributed by atoms with Gasteiger partial charge in [-0.2, -0.15) is 0 Å². The lowest BCUT2D eigenvalue weighted by atomic mass is 9.72. The van der Waals surface area contributed by atoms with E-state index in [0.29, 0.717) is 37.2 Å². The van der Waals surface area contributed by atoms with Crippen molar-refractivity contribution in [2.24, 2.45) is 5.41 Å². The number of rotatable bonds is 11. The zero-order chi connectivity index (χ0) is 35.7. The van der Waals surface area contributed by atoms with Gasteiger partial charge in [0.1, 0.15) is 17.9 Å². The van der Waals surface area contributed by atoms with Gasteiger partial charge in [-0.3, -0.25) is 4.79 Å². The van der Waals surface area contributed by atoms with Gasteiger partial charge >= 0.3 is 0 Å². The van der Waals surface area contributed by atoms with Gasteiger partial charge in [0.2, 0.25) is 10.9 Å². The summed E-state index contributed by atoms with van der Waals surface area (Å²) < 4.78 is 58.1. The minimum Gasteiger partial charge on any atom is -0.451 e. The fraction of sp³-hybridized carbons (Fsp3) is 0.600. The van der Waals surface area contributed by atoms with E-state index in [-0.39, 0.29) is 46.9 Å². The van der Waals surface area contributed by atoms with E-state index in [1.54, 1.807) is 16.5 Å². The Morgan fingerprint density at radius 3 is 2.59 bits per heavy atom. The third-order valence-corrected chi connectivity index (χ3v) is 12.2. The Labute approximate surface area is 303 Å². The molecule has 1 amide bonds. The first-order chi connectivity index (χ1) is 24.6. The molecule has 0 bridgehead atoms. The molecule has 4 aliphatic rings. The van der Waals surface area contributed by atoms with Gasteiger partial charge < -0.3 is 28.9 Å². The summed E-state index contributed by atoms with van der Waals surface area (Å²) in [4.78, 5) is 33.4. The molecular formula is C35H46FN7O6S2. The summed E-state index contributed by atoms with van der Waals surface area (Å²) in [5, 5.41) is 2.62. The number of ether oxygens (including phenoxy) is 3. The van der Waals surface area contributed by atoms with Gasteiger partial charge in [0, 0.05) is 43.1 Å². The Morgan fingerprint density at radius 1 is 1.14 bits per heavy atom. The maximum Gasteiger partial charge on any atom is 0.258 e. The predicted molar refractivity (Wildman–Crippen MR) is 192 cm³/mol. The average molecular weight is 744 g/mol. The molecular weight excluding hydrogens is 698 g/mol. The number of likely N-dealkylation sites (tertiary alicyclic amines) is 1. The standard InChI is InChI=1S/C35H46FN7O6S2/c1-23(2)42(26-8-13-47-17-26)34(44)29-14-25(36)4-7-30(29)49-31-15-37-22-38-33(31)41-20-35(21-41)9-11-40(12-10-35)16-28-6-5-27(18-48-28)43(51(45)46)32-19-50-24(3)39-32/h4,7,14-15,19,22-23,26-28,51H,5-6,8-13,16-18,20-21H2,1-3H3/t26-,27+,28-/m0/s1. The summed E-state index contributed by atoms with van der Waals surface area (Å²) in [5.41, 5.74) is 0.323. The maximum atomic E-state index is 14.5. The van der Waals surface area contributed by atoms with Crippen LogP contribution in [0.1, 0.15) is 61.3 Å².